The van der Waals surface area contributed by atoms with Crippen molar-refractivity contribution in [1.82, 2.24) is 5.32 Å². The topological polar surface area (TPSA) is 38.3 Å². The van der Waals surface area contributed by atoms with Crippen molar-refractivity contribution in [2.45, 2.75) is 58.1 Å². The van der Waals surface area contributed by atoms with Crippen molar-refractivity contribution in [3.63, 3.8) is 0 Å². The molecule has 25 heavy (non-hydrogen) atoms. The van der Waals surface area contributed by atoms with Crippen molar-refractivity contribution >= 4 is 17.1 Å². The summed E-state index contributed by atoms with van der Waals surface area (Å²) >= 11 is 1.51. The molecule has 2 atom stereocenters. The van der Waals surface area contributed by atoms with E-state index in [-0.39, 0.29) is 11.9 Å². The predicted molar refractivity (Wildman–Crippen MR) is 104 cm³/mol. The summed E-state index contributed by atoms with van der Waals surface area (Å²) in [6.07, 6.45) is 5.00. The lowest BCUT2D eigenvalue weighted by Crippen LogP contribution is -2.44. The molecule has 1 saturated heterocycles. The van der Waals surface area contributed by atoms with Crippen LogP contribution in [0.15, 0.2) is 35.7 Å². The molecular weight excluding hydrogens is 330 g/mol. The molecule has 1 fully saturated rings. The number of ether oxygens (including phenoxy) is 1. The van der Waals surface area contributed by atoms with Crippen LogP contribution in [0.4, 0.5) is 0 Å². The Morgan fingerprint density at radius 2 is 2.12 bits per heavy atom. The van der Waals surface area contributed by atoms with Crippen molar-refractivity contribution in [3.8, 4) is 5.75 Å². The average molecular weight is 358 g/mol. The van der Waals surface area contributed by atoms with Gasteiger partial charge in [-0.1, -0.05) is 36.8 Å². The van der Waals surface area contributed by atoms with Gasteiger partial charge in [0.15, 0.2) is 5.78 Å². The van der Waals surface area contributed by atoms with Gasteiger partial charge < -0.3 is 10.1 Å². The fourth-order valence-corrected chi connectivity index (χ4v) is 4.29. The van der Waals surface area contributed by atoms with Gasteiger partial charge in [0.05, 0.1) is 0 Å². The Hall–Kier alpha value is -1.65. The fourth-order valence-electron chi connectivity index (χ4n) is 3.34. The van der Waals surface area contributed by atoms with Crippen LogP contribution in [0.5, 0.6) is 5.75 Å². The van der Waals surface area contributed by atoms with Crippen LogP contribution in [0.1, 0.15) is 53.4 Å². The minimum absolute atomic E-state index is 0.0780. The highest BCUT2D eigenvalue weighted by Gasteiger charge is 2.24. The maximum absolute atomic E-state index is 12.7. The van der Waals surface area contributed by atoms with Crippen molar-refractivity contribution in [3.05, 3.63) is 51.7 Å². The number of hydrogen-bond donors (Lipinski definition) is 1. The molecule has 2 aromatic rings. The number of carbonyl (C=O) groups excluding carboxylic acids is 1. The molecule has 3 nitrogen and oxygen atoms in total. The minimum Gasteiger partial charge on any atom is -0.487 e. The quantitative estimate of drug-likeness (QED) is 0.725. The normalized spacial score (nSPS) is 18.7. The molecule has 134 valence electrons. The van der Waals surface area contributed by atoms with E-state index in [1.54, 1.807) is 0 Å². The molecule has 1 N–H and O–H groups in total. The maximum Gasteiger partial charge on any atom is 0.176 e. The molecule has 3 rings (SSSR count). The van der Waals surface area contributed by atoms with Gasteiger partial charge in [-0.25, -0.2) is 0 Å². The second kappa shape index (κ2) is 8.63. The van der Waals surface area contributed by atoms with Crippen LogP contribution in [0.3, 0.4) is 0 Å². The largest absolute Gasteiger partial charge is 0.487 e. The monoisotopic (exact) mass is 357 g/mol. The van der Waals surface area contributed by atoms with Crippen LogP contribution < -0.4 is 10.1 Å². The lowest BCUT2D eigenvalue weighted by atomic mass is 10.0. The van der Waals surface area contributed by atoms with Crippen LogP contribution in [-0.2, 0) is 6.42 Å². The van der Waals surface area contributed by atoms with E-state index in [2.05, 4.69) is 24.4 Å². The molecule has 1 aliphatic rings. The lowest BCUT2D eigenvalue weighted by molar-refractivity contribution is 0.0975. The molecule has 0 bridgehead atoms. The summed E-state index contributed by atoms with van der Waals surface area (Å²) in [5, 5.41) is 5.57. The molecule has 1 aromatic carbocycles. The first kappa shape index (κ1) is 18.2. The van der Waals surface area contributed by atoms with E-state index in [1.165, 1.54) is 29.7 Å². The first-order valence-electron chi connectivity index (χ1n) is 9.20. The number of rotatable bonds is 7. The van der Waals surface area contributed by atoms with Gasteiger partial charge in [0, 0.05) is 18.0 Å². The van der Waals surface area contributed by atoms with Crippen LogP contribution in [0, 0.1) is 6.92 Å². The average Bonchev–Trinajstić information content (AvgIpc) is 3.02. The van der Waals surface area contributed by atoms with E-state index in [0.29, 0.717) is 12.5 Å². The van der Waals surface area contributed by atoms with Crippen molar-refractivity contribution in [1.29, 1.82) is 0 Å². The summed E-state index contributed by atoms with van der Waals surface area (Å²) < 4.78 is 6.26. The molecule has 1 aliphatic heterocycles. The van der Waals surface area contributed by atoms with Gasteiger partial charge in [0.25, 0.3) is 0 Å². The van der Waals surface area contributed by atoms with Gasteiger partial charge in [0.2, 0.25) is 0 Å². The van der Waals surface area contributed by atoms with Crippen molar-refractivity contribution < 1.29 is 9.53 Å². The molecule has 2 heterocycles. The second-order valence-electron chi connectivity index (χ2n) is 6.87. The number of nitrogens with one attached hydrogen (secondary N) is 1. The van der Waals surface area contributed by atoms with Gasteiger partial charge in [-0.2, -0.15) is 0 Å². The summed E-state index contributed by atoms with van der Waals surface area (Å²) in [6.45, 7) is 5.20. The summed E-state index contributed by atoms with van der Waals surface area (Å²) in [7, 11) is 0. The standard InChI is InChI=1S/C21H27NO2S/c1-15-14-25-21(19(23)12-11-17-8-4-3-5-9-17)20(15)24-16(2)18-10-6-7-13-22-18/h3-5,8-9,14,16,18,22H,6-7,10-13H2,1-2H3. The number of thiophene rings is 1. The van der Waals surface area contributed by atoms with Gasteiger partial charge in [-0.15, -0.1) is 11.3 Å². The second-order valence-corrected chi connectivity index (χ2v) is 7.74. The minimum atomic E-state index is 0.0780. The van der Waals surface area contributed by atoms with E-state index < -0.39 is 0 Å². The zero-order valence-corrected chi connectivity index (χ0v) is 15.9. The highest BCUT2D eigenvalue weighted by atomic mass is 32.1. The van der Waals surface area contributed by atoms with E-state index in [0.717, 1.165) is 35.6 Å². The summed E-state index contributed by atoms with van der Waals surface area (Å²) in [5.74, 6) is 0.976. The first-order valence-corrected chi connectivity index (χ1v) is 10.1. The molecule has 1 aromatic heterocycles. The summed E-state index contributed by atoms with van der Waals surface area (Å²) in [5.41, 5.74) is 2.27. The highest BCUT2D eigenvalue weighted by Crippen LogP contribution is 2.33. The SMILES string of the molecule is Cc1csc(C(=O)CCc2ccccc2)c1OC(C)C1CCCCN1. The van der Waals surface area contributed by atoms with Gasteiger partial charge in [0.1, 0.15) is 16.7 Å². The Morgan fingerprint density at radius 1 is 1.32 bits per heavy atom. The van der Waals surface area contributed by atoms with Crippen LogP contribution in [-0.4, -0.2) is 24.5 Å². The van der Waals surface area contributed by atoms with E-state index in [1.807, 2.05) is 30.5 Å². The Morgan fingerprint density at radius 3 is 2.84 bits per heavy atom. The lowest BCUT2D eigenvalue weighted by Gasteiger charge is -2.29. The molecule has 0 radical (unpaired) electrons. The predicted octanol–water partition coefficient (Wildman–Crippen LogP) is 4.78. The molecule has 0 amide bonds. The molecule has 4 heteroatoms. The summed E-state index contributed by atoms with van der Waals surface area (Å²) in [4.78, 5) is 13.5. The smallest absolute Gasteiger partial charge is 0.176 e. The van der Waals surface area contributed by atoms with Crippen LogP contribution in [0.25, 0.3) is 0 Å². The Kier molecular flexibility index (Phi) is 6.27. The number of piperidine rings is 1. The van der Waals surface area contributed by atoms with E-state index >= 15 is 0 Å². The zero-order chi connectivity index (χ0) is 17.6. The Bertz CT molecular complexity index is 689. The van der Waals surface area contributed by atoms with E-state index in [4.69, 9.17) is 4.74 Å². The van der Waals surface area contributed by atoms with Gasteiger partial charge in [-0.05, 0) is 50.6 Å². The van der Waals surface area contributed by atoms with Gasteiger partial charge in [-0.3, -0.25) is 4.79 Å². The number of Topliss-reactive ketones (excluding diaryl/α,β-unsaturated/α-hetero) is 1. The molecule has 0 spiro atoms. The number of carbonyl (C=O) groups is 1. The number of hydrogen-bond acceptors (Lipinski definition) is 4. The third kappa shape index (κ3) is 4.71. The first-order chi connectivity index (χ1) is 12.1. The molecule has 0 saturated carbocycles. The Labute approximate surface area is 154 Å². The number of aryl methyl sites for hydroxylation is 2. The van der Waals surface area contributed by atoms with Crippen molar-refractivity contribution in [2.75, 3.05) is 6.54 Å². The van der Waals surface area contributed by atoms with E-state index in [9.17, 15) is 4.79 Å². The highest BCUT2D eigenvalue weighted by molar-refractivity contribution is 7.12. The number of ketones is 1. The number of benzene rings is 1. The van der Waals surface area contributed by atoms with Crippen molar-refractivity contribution in [2.24, 2.45) is 0 Å². The third-order valence-electron chi connectivity index (χ3n) is 4.87. The van der Waals surface area contributed by atoms with Crippen LogP contribution in [0.2, 0.25) is 0 Å². The zero-order valence-electron chi connectivity index (χ0n) is 15.1. The molecule has 0 aliphatic carbocycles. The molecular formula is C21H27NO2S. The van der Waals surface area contributed by atoms with Gasteiger partial charge >= 0.3 is 0 Å². The summed E-state index contributed by atoms with van der Waals surface area (Å²) in [6, 6.07) is 10.5. The Balaban J connectivity index is 1.64. The molecule has 2 unspecified atom stereocenters. The van der Waals surface area contributed by atoms with Crippen LogP contribution >= 0.6 is 11.3 Å². The fraction of sp³-hybridized carbons (Fsp3) is 0.476. The third-order valence-corrected chi connectivity index (χ3v) is 5.99. The maximum atomic E-state index is 12.7.